The first-order valence-electron chi connectivity index (χ1n) is 8.35. The number of nitro benzene ring substituents is 1. The van der Waals surface area contributed by atoms with Gasteiger partial charge in [0.15, 0.2) is 9.84 Å². The summed E-state index contributed by atoms with van der Waals surface area (Å²) in [6, 6.07) is 9.48. The molecule has 0 aliphatic carbocycles. The number of hydrogen-bond donors (Lipinski definition) is 1. The van der Waals surface area contributed by atoms with Crippen molar-refractivity contribution in [2.45, 2.75) is 16.2 Å². The van der Waals surface area contributed by atoms with Gasteiger partial charge < -0.3 is 9.64 Å². The lowest BCUT2D eigenvalue weighted by Crippen LogP contribution is -2.24. The minimum absolute atomic E-state index is 0.193. The molecule has 2 N–H and O–H groups in total. The van der Waals surface area contributed by atoms with Crippen LogP contribution >= 0.6 is 0 Å². The Morgan fingerprint density at radius 1 is 1.10 bits per heavy atom. The molecule has 158 valence electrons. The lowest BCUT2D eigenvalue weighted by atomic mass is 10.2. The van der Waals surface area contributed by atoms with Crippen LogP contribution in [0.15, 0.2) is 52.3 Å². The molecule has 0 aliphatic rings. The van der Waals surface area contributed by atoms with Gasteiger partial charge in [0.25, 0.3) is 5.69 Å². The molecule has 0 aromatic heterocycles. The molecule has 0 bridgehead atoms. The molecule has 0 aliphatic heterocycles. The number of nitro groups is 1. The van der Waals surface area contributed by atoms with Crippen LogP contribution in [-0.4, -0.2) is 48.2 Å². The standard InChI is InChI=1S/C17H21N3O7S2/c1-19(16-9-4-13(20(21)22)12-17(16)29(18,25)26)10-3-11-27-14-5-7-15(8-6-14)28(2,23)24/h4-9,12H,3,10-11H2,1-2H3,(H2,18,25,26). The van der Waals surface area contributed by atoms with Gasteiger partial charge in [-0.05, 0) is 36.8 Å². The van der Waals surface area contributed by atoms with Crippen molar-refractivity contribution in [2.75, 3.05) is 31.4 Å². The summed E-state index contributed by atoms with van der Waals surface area (Å²) in [4.78, 5) is 11.7. The predicted molar refractivity (Wildman–Crippen MR) is 107 cm³/mol. The highest BCUT2D eigenvalue weighted by atomic mass is 32.2. The van der Waals surface area contributed by atoms with Crippen molar-refractivity contribution in [3.63, 3.8) is 0 Å². The third kappa shape index (κ3) is 6.14. The fourth-order valence-electron chi connectivity index (χ4n) is 2.55. The number of nitrogens with two attached hydrogens (primary N) is 1. The maximum Gasteiger partial charge on any atom is 0.270 e. The molecule has 0 radical (unpaired) electrons. The highest BCUT2D eigenvalue weighted by Crippen LogP contribution is 2.28. The van der Waals surface area contributed by atoms with Crippen molar-refractivity contribution < 1.29 is 26.5 Å². The molecule has 0 amide bonds. The SMILES string of the molecule is CN(CCCOc1ccc(S(C)(=O)=O)cc1)c1ccc([N+](=O)[O-])cc1S(N)(=O)=O. The summed E-state index contributed by atoms with van der Waals surface area (Å²) in [5.74, 6) is 0.501. The van der Waals surface area contributed by atoms with E-state index in [0.717, 1.165) is 12.3 Å². The van der Waals surface area contributed by atoms with Gasteiger partial charge >= 0.3 is 0 Å². The van der Waals surface area contributed by atoms with Crippen LogP contribution in [0.2, 0.25) is 0 Å². The second-order valence-electron chi connectivity index (χ2n) is 6.32. The summed E-state index contributed by atoms with van der Waals surface area (Å²) in [6.45, 7) is 0.683. The average molecular weight is 444 g/mol. The number of primary sulfonamides is 1. The van der Waals surface area contributed by atoms with Crippen LogP contribution in [0.1, 0.15) is 6.42 Å². The Bertz CT molecular complexity index is 1100. The number of hydrogen-bond acceptors (Lipinski definition) is 8. The van der Waals surface area contributed by atoms with Crippen LogP contribution in [0.4, 0.5) is 11.4 Å². The van der Waals surface area contributed by atoms with Crippen molar-refractivity contribution in [3.8, 4) is 5.75 Å². The summed E-state index contributed by atoms with van der Waals surface area (Å²) in [5, 5.41) is 16.1. The number of benzene rings is 2. The van der Waals surface area contributed by atoms with Crippen LogP contribution in [0.3, 0.4) is 0 Å². The van der Waals surface area contributed by atoms with Crippen molar-refractivity contribution in [3.05, 3.63) is 52.6 Å². The molecule has 0 fully saturated rings. The molecular weight excluding hydrogens is 422 g/mol. The molecule has 0 unspecified atom stereocenters. The van der Waals surface area contributed by atoms with Crippen LogP contribution in [0.25, 0.3) is 0 Å². The van der Waals surface area contributed by atoms with Crippen molar-refractivity contribution >= 4 is 31.2 Å². The number of sulfonamides is 1. The van der Waals surface area contributed by atoms with E-state index >= 15 is 0 Å². The maximum atomic E-state index is 11.8. The Labute approximate surface area is 169 Å². The minimum atomic E-state index is -4.15. The maximum absolute atomic E-state index is 11.8. The molecule has 2 rings (SSSR count). The second-order valence-corrected chi connectivity index (χ2v) is 9.87. The molecule has 12 heteroatoms. The molecule has 0 saturated carbocycles. The molecular formula is C17H21N3O7S2. The number of rotatable bonds is 9. The van der Waals surface area contributed by atoms with Crippen LogP contribution in [0, 0.1) is 10.1 Å². The highest BCUT2D eigenvalue weighted by molar-refractivity contribution is 7.90. The Balaban J connectivity index is 2.01. The van der Waals surface area contributed by atoms with E-state index in [-0.39, 0.29) is 21.2 Å². The minimum Gasteiger partial charge on any atom is -0.494 e. The zero-order valence-corrected chi connectivity index (χ0v) is 17.4. The monoisotopic (exact) mass is 443 g/mol. The second kappa shape index (κ2) is 8.76. The van der Waals surface area contributed by atoms with Crippen LogP contribution < -0.4 is 14.8 Å². The summed E-state index contributed by atoms with van der Waals surface area (Å²) in [6.07, 6.45) is 1.62. The average Bonchev–Trinajstić information content (AvgIpc) is 2.63. The number of ether oxygens (including phenoxy) is 1. The molecule has 0 heterocycles. The van der Waals surface area contributed by atoms with Gasteiger partial charge in [-0.15, -0.1) is 0 Å². The van der Waals surface area contributed by atoms with E-state index in [2.05, 4.69) is 0 Å². The van der Waals surface area contributed by atoms with Gasteiger partial charge in [0.05, 0.1) is 22.1 Å². The summed E-state index contributed by atoms with van der Waals surface area (Å²) in [7, 11) is -5.79. The van der Waals surface area contributed by atoms with Gasteiger partial charge in [-0.3, -0.25) is 10.1 Å². The first kappa shape index (κ1) is 22.6. The van der Waals surface area contributed by atoms with E-state index < -0.39 is 24.8 Å². The third-order valence-corrected chi connectivity index (χ3v) is 6.10. The van der Waals surface area contributed by atoms with E-state index in [9.17, 15) is 26.9 Å². The quantitative estimate of drug-likeness (QED) is 0.348. The topological polar surface area (TPSA) is 150 Å². The van der Waals surface area contributed by atoms with Gasteiger partial charge in [-0.2, -0.15) is 0 Å². The molecule has 10 nitrogen and oxygen atoms in total. The molecule has 2 aromatic rings. The van der Waals surface area contributed by atoms with E-state index in [4.69, 9.17) is 9.88 Å². The van der Waals surface area contributed by atoms with E-state index in [0.29, 0.717) is 25.3 Å². The number of anilines is 1. The fourth-order valence-corrected chi connectivity index (χ4v) is 3.99. The van der Waals surface area contributed by atoms with E-state index in [1.54, 1.807) is 24.1 Å². The highest BCUT2D eigenvalue weighted by Gasteiger charge is 2.21. The first-order valence-corrected chi connectivity index (χ1v) is 11.8. The Hall–Kier alpha value is -2.70. The largest absolute Gasteiger partial charge is 0.494 e. The lowest BCUT2D eigenvalue weighted by Gasteiger charge is -2.21. The van der Waals surface area contributed by atoms with Crippen LogP contribution in [-0.2, 0) is 19.9 Å². The number of sulfone groups is 1. The Morgan fingerprint density at radius 2 is 1.72 bits per heavy atom. The van der Waals surface area contributed by atoms with Gasteiger partial charge in [-0.25, -0.2) is 22.0 Å². The van der Waals surface area contributed by atoms with Gasteiger partial charge in [0, 0.05) is 32.0 Å². The molecule has 0 atom stereocenters. The zero-order valence-electron chi connectivity index (χ0n) is 15.8. The first-order chi connectivity index (χ1) is 13.4. The van der Waals surface area contributed by atoms with Crippen molar-refractivity contribution in [1.82, 2.24) is 0 Å². The van der Waals surface area contributed by atoms with Gasteiger partial charge in [0.2, 0.25) is 10.0 Å². The molecule has 2 aromatic carbocycles. The predicted octanol–water partition coefficient (Wildman–Crippen LogP) is 1.55. The van der Waals surface area contributed by atoms with Crippen LogP contribution in [0.5, 0.6) is 5.75 Å². The normalized spacial score (nSPS) is 11.8. The van der Waals surface area contributed by atoms with Crippen molar-refractivity contribution in [1.29, 1.82) is 0 Å². The molecule has 29 heavy (non-hydrogen) atoms. The third-order valence-electron chi connectivity index (χ3n) is 4.03. The summed E-state index contributed by atoms with van der Waals surface area (Å²) in [5.41, 5.74) is -0.123. The lowest BCUT2D eigenvalue weighted by molar-refractivity contribution is -0.385. The van der Waals surface area contributed by atoms with E-state index in [1.807, 2.05) is 0 Å². The zero-order chi connectivity index (χ0) is 21.8. The number of non-ortho nitro benzene ring substituents is 1. The smallest absolute Gasteiger partial charge is 0.270 e. The Morgan fingerprint density at radius 3 is 2.24 bits per heavy atom. The Kier molecular flexibility index (Phi) is 6.82. The summed E-state index contributed by atoms with van der Waals surface area (Å²) < 4.78 is 52.0. The number of nitrogens with zero attached hydrogens (tertiary/aromatic N) is 2. The van der Waals surface area contributed by atoms with Gasteiger partial charge in [0.1, 0.15) is 10.6 Å². The fraction of sp³-hybridized carbons (Fsp3) is 0.294. The summed E-state index contributed by atoms with van der Waals surface area (Å²) >= 11 is 0. The van der Waals surface area contributed by atoms with Gasteiger partial charge in [-0.1, -0.05) is 0 Å². The van der Waals surface area contributed by atoms with Crippen molar-refractivity contribution in [2.24, 2.45) is 5.14 Å². The van der Waals surface area contributed by atoms with E-state index in [1.165, 1.54) is 24.3 Å². The molecule has 0 saturated heterocycles. The molecule has 0 spiro atoms.